The van der Waals surface area contributed by atoms with Crippen molar-refractivity contribution in [3.63, 3.8) is 0 Å². The summed E-state index contributed by atoms with van der Waals surface area (Å²) >= 11 is 0. The Labute approximate surface area is 100 Å². The van der Waals surface area contributed by atoms with E-state index in [2.05, 4.69) is 11.0 Å². The predicted octanol–water partition coefficient (Wildman–Crippen LogP) is 2.06. The summed E-state index contributed by atoms with van der Waals surface area (Å²) in [6.07, 6.45) is 5.47. The molecule has 2 heterocycles. The summed E-state index contributed by atoms with van der Waals surface area (Å²) in [5.41, 5.74) is 1.32. The van der Waals surface area contributed by atoms with Gasteiger partial charge in [0.05, 0.1) is 12.7 Å². The molecule has 0 amide bonds. The number of carboxylic acids is 1. The highest BCUT2D eigenvalue weighted by atomic mass is 16.4. The van der Waals surface area contributed by atoms with Crippen molar-refractivity contribution in [2.75, 3.05) is 13.1 Å². The SMILES string of the molecule is O=C(O)CC1CN(C2CCCc3occc32)C1. The van der Waals surface area contributed by atoms with E-state index in [4.69, 9.17) is 9.52 Å². The van der Waals surface area contributed by atoms with Gasteiger partial charge in [0.25, 0.3) is 0 Å². The number of carboxylic acid groups (broad SMARTS) is 1. The van der Waals surface area contributed by atoms with E-state index in [0.717, 1.165) is 25.3 Å². The standard InChI is InChI=1S/C13H17NO3/c15-13(16)6-9-7-14(8-9)11-2-1-3-12-10(11)4-5-17-12/h4-5,9,11H,1-3,6-8H2,(H,15,16). The molecular formula is C13H17NO3. The summed E-state index contributed by atoms with van der Waals surface area (Å²) in [7, 11) is 0. The second-order valence-electron chi connectivity index (χ2n) is 5.12. The third-order valence-electron chi connectivity index (χ3n) is 3.91. The number of aryl methyl sites for hydroxylation is 1. The number of carbonyl (C=O) groups is 1. The van der Waals surface area contributed by atoms with Gasteiger partial charge in [0.2, 0.25) is 0 Å². The van der Waals surface area contributed by atoms with Crippen molar-refractivity contribution >= 4 is 5.97 Å². The lowest BCUT2D eigenvalue weighted by atomic mass is 9.86. The quantitative estimate of drug-likeness (QED) is 0.871. The molecule has 92 valence electrons. The average Bonchev–Trinajstić information content (AvgIpc) is 2.70. The van der Waals surface area contributed by atoms with Crippen molar-refractivity contribution < 1.29 is 14.3 Å². The van der Waals surface area contributed by atoms with Gasteiger partial charge >= 0.3 is 5.97 Å². The summed E-state index contributed by atoms with van der Waals surface area (Å²) in [5, 5.41) is 8.74. The molecule has 17 heavy (non-hydrogen) atoms. The van der Waals surface area contributed by atoms with Crippen LogP contribution in [0.25, 0.3) is 0 Å². The second kappa shape index (κ2) is 4.18. The molecule has 0 bridgehead atoms. The molecule has 3 rings (SSSR count). The summed E-state index contributed by atoms with van der Waals surface area (Å²) in [6, 6.07) is 2.53. The van der Waals surface area contributed by atoms with Crippen LogP contribution in [-0.2, 0) is 11.2 Å². The number of fused-ring (bicyclic) bond motifs is 1. The number of hydrogen-bond acceptors (Lipinski definition) is 3. The lowest BCUT2D eigenvalue weighted by Crippen LogP contribution is -2.49. The van der Waals surface area contributed by atoms with Gasteiger partial charge in [0.1, 0.15) is 5.76 Å². The lowest BCUT2D eigenvalue weighted by Gasteiger charge is -2.45. The number of furan rings is 1. The van der Waals surface area contributed by atoms with Gasteiger partial charge in [-0.25, -0.2) is 0 Å². The first-order chi connectivity index (χ1) is 8.24. The van der Waals surface area contributed by atoms with Gasteiger partial charge < -0.3 is 9.52 Å². The van der Waals surface area contributed by atoms with Crippen LogP contribution in [0.2, 0.25) is 0 Å². The van der Waals surface area contributed by atoms with E-state index in [-0.39, 0.29) is 0 Å². The van der Waals surface area contributed by atoms with Crippen LogP contribution in [0.4, 0.5) is 0 Å². The van der Waals surface area contributed by atoms with Gasteiger partial charge in [-0.05, 0) is 24.8 Å². The largest absolute Gasteiger partial charge is 0.481 e. The van der Waals surface area contributed by atoms with Crippen molar-refractivity contribution in [2.45, 2.75) is 31.7 Å². The maximum atomic E-state index is 10.6. The van der Waals surface area contributed by atoms with Crippen LogP contribution in [0.15, 0.2) is 16.7 Å². The Morgan fingerprint density at radius 2 is 2.35 bits per heavy atom. The monoisotopic (exact) mass is 235 g/mol. The molecule has 1 atom stereocenters. The van der Waals surface area contributed by atoms with Crippen molar-refractivity contribution in [2.24, 2.45) is 5.92 Å². The second-order valence-corrected chi connectivity index (χ2v) is 5.12. The zero-order chi connectivity index (χ0) is 11.8. The van der Waals surface area contributed by atoms with E-state index in [9.17, 15) is 4.79 Å². The van der Waals surface area contributed by atoms with Crippen molar-refractivity contribution in [3.8, 4) is 0 Å². The first kappa shape index (κ1) is 10.8. The van der Waals surface area contributed by atoms with Crippen molar-refractivity contribution in [1.29, 1.82) is 0 Å². The molecule has 1 aliphatic heterocycles. The third-order valence-corrected chi connectivity index (χ3v) is 3.91. The van der Waals surface area contributed by atoms with Gasteiger partial charge in [0.15, 0.2) is 0 Å². The molecule has 4 nitrogen and oxygen atoms in total. The van der Waals surface area contributed by atoms with Crippen LogP contribution in [0, 0.1) is 5.92 Å². The average molecular weight is 235 g/mol. The van der Waals surface area contributed by atoms with E-state index in [1.54, 1.807) is 6.26 Å². The van der Waals surface area contributed by atoms with Gasteiger partial charge in [-0.2, -0.15) is 0 Å². The Bertz CT molecular complexity index is 420. The fourth-order valence-corrected chi connectivity index (χ4v) is 3.08. The molecule has 1 aromatic heterocycles. The van der Waals surface area contributed by atoms with Crippen LogP contribution in [0.1, 0.15) is 36.6 Å². The molecule has 1 unspecified atom stereocenters. The zero-order valence-corrected chi connectivity index (χ0v) is 9.76. The van der Waals surface area contributed by atoms with Gasteiger partial charge in [-0.1, -0.05) is 0 Å². The van der Waals surface area contributed by atoms with Gasteiger partial charge in [-0.15, -0.1) is 0 Å². The van der Waals surface area contributed by atoms with E-state index < -0.39 is 5.97 Å². The Morgan fingerprint density at radius 3 is 3.12 bits per heavy atom. The van der Waals surface area contributed by atoms with Gasteiger partial charge in [-0.3, -0.25) is 9.69 Å². The summed E-state index contributed by atoms with van der Waals surface area (Å²) in [4.78, 5) is 13.0. The van der Waals surface area contributed by atoms with Crippen molar-refractivity contribution in [1.82, 2.24) is 4.90 Å². The molecule has 1 saturated heterocycles. The molecule has 0 saturated carbocycles. The Morgan fingerprint density at radius 1 is 1.53 bits per heavy atom. The molecule has 1 aliphatic carbocycles. The molecule has 0 radical (unpaired) electrons. The minimum atomic E-state index is -0.678. The molecule has 0 spiro atoms. The summed E-state index contributed by atoms with van der Waals surface area (Å²) < 4.78 is 5.48. The smallest absolute Gasteiger partial charge is 0.303 e. The molecule has 1 fully saturated rings. The predicted molar refractivity (Wildman–Crippen MR) is 61.7 cm³/mol. The number of likely N-dealkylation sites (tertiary alicyclic amines) is 1. The van der Waals surface area contributed by atoms with Gasteiger partial charge in [0, 0.05) is 31.1 Å². The highest BCUT2D eigenvalue weighted by Crippen LogP contribution is 2.38. The van der Waals surface area contributed by atoms with Crippen LogP contribution >= 0.6 is 0 Å². The Hall–Kier alpha value is -1.29. The summed E-state index contributed by atoms with van der Waals surface area (Å²) in [5.74, 6) is 0.787. The molecule has 2 aliphatic rings. The zero-order valence-electron chi connectivity index (χ0n) is 9.76. The molecule has 1 aromatic rings. The maximum Gasteiger partial charge on any atom is 0.303 e. The van der Waals surface area contributed by atoms with Crippen LogP contribution in [0.3, 0.4) is 0 Å². The van der Waals surface area contributed by atoms with Crippen molar-refractivity contribution in [3.05, 3.63) is 23.7 Å². The first-order valence-corrected chi connectivity index (χ1v) is 6.26. The fourth-order valence-electron chi connectivity index (χ4n) is 3.08. The fraction of sp³-hybridized carbons (Fsp3) is 0.615. The van der Waals surface area contributed by atoms with E-state index in [1.807, 2.05) is 0 Å². The summed E-state index contributed by atoms with van der Waals surface area (Å²) in [6.45, 7) is 1.84. The number of hydrogen-bond donors (Lipinski definition) is 1. The third kappa shape index (κ3) is 1.97. The van der Waals surface area contributed by atoms with Crippen LogP contribution in [0.5, 0.6) is 0 Å². The molecular weight excluding hydrogens is 218 g/mol. The molecule has 0 aromatic carbocycles. The van der Waals surface area contributed by atoms with Crippen LogP contribution < -0.4 is 0 Å². The highest BCUT2D eigenvalue weighted by molar-refractivity contribution is 5.67. The van der Waals surface area contributed by atoms with E-state index in [1.165, 1.54) is 18.4 Å². The van der Waals surface area contributed by atoms with Crippen LogP contribution in [-0.4, -0.2) is 29.1 Å². The Kier molecular flexibility index (Phi) is 2.67. The molecule has 1 N–H and O–H groups in total. The number of rotatable bonds is 3. The highest BCUT2D eigenvalue weighted by Gasteiger charge is 2.36. The minimum absolute atomic E-state index is 0.307. The first-order valence-electron chi connectivity index (χ1n) is 6.26. The van der Waals surface area contributed by atoms with E-state index >= 15 is 0 Å². The number of aliphatic carboxylic acids is 1. The minimum Gasteiger partial charge on any atom is -0.481 e. The maximum absolute atomic E-state index is 10.6. The normalized spacial score (nSPS) is 25.3. The lowest BCUT2D eigenvalue weighted by molar-refractivity contribution is -0.140. The molecule has 4 heteroatoms. The topological polar surface area (TPSA) is 53.7 Å². The number of nitrogens with zero attached hydrogens (tertiary/aromatic N) is 1. The Balaban J connectivity index is 1.63. The van der Waals surface area contributed by atoms with E-state index in [0.29, 0.717) is 18.4 Å².